The standard InChI is InChI=1S/C12H24N2/c1-3-4-5-6-7-9-14-12(2)8-10-13-11-12/h3,13-14H,1,4-11H2,2H3. The second kappa shape index (κ2) is 6.20. The lowest BCUT2D eigenvalue weighted by molar-refractivity contribution is 0.382. The summed E-state index contributed by atoms with van der Waals surface area (Å²) in [4.78, 5) is 0. The lowest BCUT2D eigenvalue weighted by Crippen LogP contribution is -2.44. The molecule has 14 heavy (non-hydrogen) atoms. The van der Waals surface area contributed by atoms with Gasteiger partial charge in [-0.15, -0.1) is 6.58 Å². The first-order valence-corrected chi connectivity index (χ1v) is 5.83. The Balaban J connectivity index is 1.95. The molecule has 1 rings (SSSR count). The summed E-state index contributed by atoms with van der Waals surface area (Å²) in [6.07, 6.45) is 8.35. The Bertz CT molecular complexity index is 160. The molecule has 0 aliphatic carbocycles. The molecule has 0 aromatic rings. The van der Waals surface area contributed by atoms with Gasteiger partial charge in [0.05, 0.1) is 0 Å². The minimum absolute atomic E-state index is 0.360. The molecule has 1 aliphatic rings. The number of hydrogen-bond donors (Lipinski definition) is 2. The van der Waals surface area contributed by atoms with E-state index < -0.39 is 0 Å². The van der Waals surface area contributed by atoms with Crippen LogP contribution in [0.4, 0.5) is 0 Å². The molecule has 2 nitrogen and oxygen atoms in total. The van der Waals surface area contributed by atoms with Gasteiger partial charge in [0.15, 0.2) is 0 Å². The summed E-state index contributed by atoms with van der Waals surface area (Å²) in [5.41, 5.74) is 0.360. The van der Waals surface area contributed by atoms with E-state index in [0.717, 1.165) is 13.1 Å². The summed E-state index contributed by atoms with van der Waals surface area (Å²) in [7, 11) is 0. The second-order valence-electron chi connectivity index (χ2n) is 4.55. The normalized spacial score (nSPS) is 26.6. The van der Waals surface area contributed by atoms with E-state index >= 15 is 0 Å². The van der Waals surface area contributed by atoms with Crippen molar-refractivity contribution in [1.82, 2.24) is 10.6 Å². The van der Waals surface area contributed by atoms with E-state index in [1.54, 1.807) is 0 Å². The van der Waals surface area contributed by atoms with E-state index in [1.165, 1.54) is 38.6 Å². The van der Waals surface area contributed by atoms with Crippen molar-refractivity contribution in [2.24, 2.45) is 0 Å². The molecule has 0 amide bonds. The highest BCUT2D eigenvalue weighted by atomic mass is 15.1. The highest BCUT2D eigenvalue weighted by Crippen LogP contribution is 2.13. The van der Waals surface area contributed by atoms with Crippen LogP contribution < -0.4 is 10.6 Å². The summed E-state index contributed by atoms with van der Waals surface area (Å²) < 4.78 is 0. The van der Waals surface area contributed by atoms with Crippen LogP contribution in [0.1, 0.15) is 39.0 Å². The fraction of sp³-hybridized carbons (Fsp3) is 0.833. The van der Waals surface area contributed by atoms with Gasteiger partial charge in [-0.2, -0.15) is 0 Å². The second-order valence-corrected chi connectivity index (χ2v) is 4.55. The molecule has 82 valence electrons. The van der Waals surface area contributed by atoms with Crippen LogP contribution in [0.15, 0.2) is 12.7 Å². The van der Waals surface area contributed by atoms with Gasteiger partial charge in [0.25, 0.3) is 0 Å². The number of hydrogen-bond acceptors (Lipinski definition) is 2. The molecular weight excluding hydrogens is 172 g/mol. The Hall–Kier alpha value is -0.340. The van der Waals surface area contributed by atoms with Gasteiger partial charge < -0.3 is 10.6 Å². The highest BCUT2D eigenvalue weighted by molar-refractivity contribution is 4.91. The van der Waals surface area contributed by atoms with Crippen LogP contribution >= 0.6 is 0 Å². The van der Waals surface area contributed by atoms with Crippen molar-refractivity contribution in [1.29, 1.82) is 0 Å². The molecule has 1 saturated heterocycles. The summed E-state index contributed by atoms with van der Waals surface area (Å²) in [5, 5.41) is 7.04. The fourth-order valence-corrected chi connectivity index (χ4v) is 1.95. The molecule has 0 saturated carbocycles. The summed E-state index contributed by atoms with van der Waals surface area (Å²) in [5.74, 6) is 0. The van der Waals surface area contributed by atoms with E-state index in [9.17, 15) is 0 Å². The van der Waals surface area contributed by atoms with Crippen LogP contribution in [0.5, 0.6) is 0 Å². The van der Waals surface area contributed by atoms with Gasteiger partial charge in [0.1, 0.15) is 0 Å². The maximum Gasteiger partial charge on any atom is 0.0289 e. The van der Waals surface area contributed by atoms with Gasteiger partial charge in [-0.3, -0.25) is 0 Å². The predicted octanol–water partition coefficient (Wildman–Crippen LogP) is 2.07. The molecule has 1 heterocycles. The molecule has 0 aromatic carbocycles. The number of unbranched alkanes of at least 4 members (excludes halogenated alkanes) is 3. The Morgan fingerprint density at radius 2 is 2.29 bits per heavy atom. The van der Waals surface area contributed by atoms with Crippen molar-refractivity contribution in [2.75, 3.05) is 19.6 Å². The van der Waals surface area contributed by atoms with E-state index in [4.69, 9.17) is 0 Å². The number of allylic oxidation sites excluding steroid dienone is 1. The number of rotatable bonds is 7. The van der Waals surface area contributed by atoms with Crippen LogP contribution in [0, 0.1) is 0 Å². The van der Waals surface area contributed by atoms with Crippen LogP contribution in [0.2, 0.25) is 0 Å². The van der Waals surface area contributed by atoms with E-state index in [2.05, 4.69) is 24.1 Å². The Morgan fingerprint density at radius 1 is 1.43 bits per heavy atom. The molecule has 2 heteroatoms. The zero-order valence-corrected chi connectivity index (χ0v) is 9.44. The Labute approximate surface area is 88.2 Å². The lowest BCUT2D eigenvalue weighted by atomic mass is 10.0. The van der Waals surface area contributed by atoms with Gasteiger partial charge >= 0.3 is 0 Å². The molecule has 2 N–H and O–H groups in total. The average molecular weight is 196 g/mol. The fourth-order valence-electron chi connectivity index (χ4n) is 1.95. The summed E-state index contributed by atoms with van der Waals surface area (Å²) in [6.45, 7) is 9.50. The van der Waals surface area contributed by atoms with Crippen molar-refractivity contribution in [2.45, 2.75) is 44.6 Å². The van der Waals surface area contributed by atoms with E-state index in [-0.39, 0.29) is 0 Å². The zero-order chi connectivity index (χ0) is 10.3. The van der Waals surface area contributed by atoms with E-state index in [0.29, 0.717) is 5.54 Å². The summed E-state index contributed by atoms with van der Waals surface area (Å²) in [6, 6.07) is 0. The Kier molecular flexibility index (Phi) is 5.20. The molecular formula is C12H24N2. The maximum absolute atomic E-state index is 3.73. The maximum atomic E-state index is 3.73. The van der Waals surface area contributed by atoms with Crippen LogP contribution in [-0.4, -0.2) is 25.2 Å². The van der Waals surface area contributed by atoms with Crippen LogP contribution in [0.3, 0.4) is 0 Å². The first-order valence-electron chi connectivity index (χ1n) is 5.83. The van der Waals surface area contributed by atoms with Crippen molar-refractivity contribution >= 4 is 0 Å². The summed E-state index contributed by atoms with van der Waals surface area (Å²) >= 11 is 0. The first kappa shape index (κ1) is 11.7. The van der Waals surface area contributed by atoms with E-state index in [1.807, 2.05) is 6.08 Å². The smallest absolute Gasteiger partial charge is 0.0289 e. The van der Waals surface area contributed by atoms with Crippen LogP contribution in [-0.2, 0) is 0 Å². The van der Waals surface area contributed by atoms with Gasteiger partial charge in [-0.25, -0.2) is 0 Å². The molecule has 1 atom stereocenters. The highest BCUT2D eigenvalue weighted by Gasteiger charge is 2.26. The molecule has 1 fully saturated rings. The monoisotopic (exact) mass is 196 g/mol. The Morgan fingerprint density at radius 3 is 2.93 bits per heavy atom. The van der Waals surface area contributed by atoms with Gasteiger partial charge in [-0.05, 0) is 45.7 Å². The van der Waals surface area contributed by atoms with Crippen LogP contribution in [0.25, 0.3) is 0 Å². The first-order chi connectivity index (χ1) is 6.77. The minimum atomic E-state index is 0.360. The van der Waals surface area contributed by atoms with Gasteiger partial charge in [0, 0.05) is 12.1 Å². The quantitative estimate of drug-likeness (QED) is 0.481. The third-order valence-electron chi connectivity index (χ3n) is 3.01. The minimum Gasteiger partial charge on any atom is -0.315 e. The molecule has 0 spiro atoms. The molecule has 0 radical (unpaired) electrons. The lowest BCUT2D eigenvalue weighted by Gasteiger charge is -2.24. The SMILES string of the molecule is C=CCCCCCNC1(C)CCNC1. The third kappa shape index (κ3) is 4.25. The predicted molar refractivity (Wildman–Crippen MR) is 62.6 cm³/mol. The number of nitrogens with one attached hydrogen (secondary N) is 2. The topological polar surface area (TPSA) is 24.1 Å². The van der Waals surface area contributed by atoms with Crippen molar-refractivity contribution in [3.8, 4) is 0 Å². The van der Waals surface area contributed by atoms with Gasteiger partial charge in [-0.1, -0.05) is 12.5 Å². The van der Waals surface area contributed by atoms with Crippen molar-refractivity contribution < 1.29 is 0 Å². The molecule has 0 aromatic heterocycles. The average Bonchev–Trinajstić information content (AvgIpc) is 2.59. The van der Waals surface area contributed by atoms with Gasteiger partial charge in [0.2, 0.25) is 0 Å². The third-order valence-corrected chi connectivity index (χ3v) is 3.01. The van der Waals surface area contributed by atoms with Crippen molar-refractivity contribution in [3.63, 3.8) is 0 Å². The molecule has 1 unspecified atom stereocenters. The zero-order valence-electron chi connectivity index (χ0n) is 9.44. The molecule has 1 aliphatic heterocycles. The van der Waals surface area contributed by atoms with Crippen molar-refractivity contribution in [3.05, 3.63) is 12.7 Å². The molecule has 0 bridgehead atoms. The largest absolute Gasteiger partial charge is 0.315 e.